The number of aryl methyl sites for hydroxylation is 1. The van der Waals surface area contributed by atoms with Crippen molar-refractivity contribution in [1.82, 2.24) is 14.4 Å². The third-order valence-electron chi connectivity index (χ3n) is 4.26. The van der Waals surface area contributed by atoms with Crippen LogP contribution in [0.15, 0.2) is 52.9 Å². The number of fused-ring (bicyclic) bond motifs is 1. The zero-order valence-corrected chi connectivity index (χ0v) is 16.3. The minimum absolute atomic E-state index is 0.104. The molecule has 1 amide bonds. The molecule has 0 aliphatic rings. The largest absolute Gasteiger partial charge is 0.496 e. The first-order valence-corrected chi connectivity index (χ1v) is 9.43. The van der Waals surface area contributed by atoms with Gasteiger partial charge in [0.05, 0.1) is 12.8 Å². The number of methoxy groups -OCH3 is 1. The molecule has 0 fully saturated rings. The van der Waals surface area contributed by atoms with Crippen LogP contribution < -0.4 is 15.6 Å². The highest BCUT2D eigenvalue weighted by Gasteiger charge is 2.17. The van der Waals surface area contributed by atoms with Crippen LogP contribution in [0, 0.1) is 12.7 Å². The number of carbonyl (C=O) groups is 1. The number of amides is 1. The van der Waals surface area contributed by atoms with Crippen molar-refractivity contribution in [3.8, 4) is 17.0 Å². The van der Waals surface area contributed by atoms with Gasteiger partial charge in [0.25, 0.3) is 11.5 Å². The lowest BCUT2D eigenvalue weighted by atomic mass is 10.1. The standard InChI is InChI=1S/C20H15FN4O3S/c1-11-3-6-17-22-8-14(19(27)25(17)9-11)18(26)24-20-23-15(10-29-20)13-7-12(21)4-5-16(13)28-2/h3-10H,1-2H3,(H,23,24,26). The number of thiazole rings is 1. The first kappa shape index (κ1) is 18.8. The molecule has 0 saturated heterocycles. The maximum Gasteiger partial charge on any atom is 0.270 e. The van der Waals surface area contributed by atoms with E-state index in [1.165, 1.54) is 35.9 Å². The van der Waals surface area contributed by atoms with Gasteiger partial charge in [0.2, 0.25) is 0 Å². The first-order valence-electron chi connectivity index (χ1n) is 8.55. The number of ether oxygens (including phenoxy) is 1. The second kappa shape index (κ2) is 7.44. The van der Waals surface area contributed by atoms with Gasteiger partial charge in [-0.2, -0.15) is 0 Å². The number of nitrogens with zero attached hydrogens (tertiary/aromatic N) is 3. The molecule has 4 rings (SSSR count). The van der Waals surface area contributed by atoms with Crippen LogP contribution >= 0.6 is 11.3 Å². The van der Waals surface area contributed by atoms with Crippen molar-refractivity contribution in [2.45, 2.75) is 6.92 Å². The minimum atomic E-state index is -0.620. The normalized spacial score (nSPS) is 10.9. The highest BCUT2D eigenvalue weighted by Crippen LogP contribution is 2.32. The van der Waals surface area contributed by atoms with E-state index >= 15 is 0 Å². The average Bonchev–Trinajstić information content (AvgIpc) is 3.17. The number of carbonyl (C=O) groups excluding carboxylic acids is 1. The van der Waals surface area contributed by atoms with Crippen LogP contribution in [0.1, 0.15) is 15.9 Å². The van der Waals surface area contributed by atoms with E-state index in [-0.39, 0.29) is 10.7 Å². The van der Waals surface area contributed by atoms with Crippen molar-refractivity contribution in [2.24, 2.45) is 0 Å². The summed E-state index contributed by atoms with van der Waals surface area (Å²) in [5.41, 5.74) is 1.66. The quantitative estimate of drug-likeness (QED) is 0.556. The zero-order valence-electron chi connectivity index (χ0n) is 15.5. The smallest absolute Gasteiger partial charge is 0.270 e. The van der Waals surface area contributed by atoms with Gasteiger partial charge in [-0.15, -0.1) is 11.3 Å². The predicted molar refractivity (Wildman–Crippen MR) is 108 cm³/mol. The van der Waals surface area contributed by atoms with Crippen LogP contribution in [0.4, 0.5) is 9.52 Å². The molecular weight excluding hydrogens is 395 g/mol. The summed E-state index contributed by atoms with van der Waals surface area (Å²) in [5.74, 6) is -0.586. The fourth-order valence-electron chi connectivity index (χ4n) is 2.84. The third-order valence-corrected chi connectivity index (χ3v) is 5.01. The SMILES string of the molecule is COc1ccc(F)cc1-c1csc(NC(=O)c2cnc3ccc(C)cn3c2=O)n1. The van der Waals surface area contributed by atoms with Crippen LogP contribution in [0.3, 0.4) is 0 Å². The lowest BCUT2D eigenvalue weighted by Gasteiger charge is -2.06. The van der Waals surface area contributed by atoms with Crippen molar-refractivity contribution < 1.29 is 13.9 Å². The van der Waals surface area contributed by atoms with E-state index in [9.17, 15) is 14.0 Å². The molecular formula is C20H15FN4O3S. The average molecular weight is 410 g/mol. The lowest BCUT2D eigenvalue weighted by molar-refractivity contribution is 0.102. The number of anilines is 1. The number of nitrogens with one attached hydrogen (secondary N) is 1. The van der Waals surface area contributed by atoms with Gasteiger partial charge in [0.1, 0.15) is 22.8 Å². The maximum absolute atomic E-state index is 13.6. The Hall–Kier alpha value is -3.59. The first-order chi connectivity index (χ1) is 14.0. The van der Waals surface area contributed by atoms with Gasteiger partial charge in [0, 0.05) is 23.3 Å². The molecule has 4 aromatic rings. The Morgan fingerprint density at radius 3 is 2.90 bits per heavy atom. The molecule has 0 atom stereocenters. The minimum Gasteiger partial charge on any atom is -0.496 e. The Balaban J connectivity index is 1.64. The zero-order chi connectivity index (χ0) is 20.5. The fourth-order valence-corrected chi connectivity index (χ4v) is 3.54. The topological polar surface area (TPSA) is 85.6 Å². The second-order valence-corrected chi connectivity index (χ2v) is 7.11. The molecule has 29 heavy (non-hydrogen) atoms. The molecule has 146 valence electrons. The van der Waals surface area contributed by atoms with E-state index in [1.54, 1.807) is 17.6 Å². The maximum atomic E-state index is 13.6. The summed E-state index contributed by atoms with van der Waals surface area (Å²) in [7, 11) is 1.48. The van der Waals surface area contributed by atoms with Crippen molar-refractivity contribution >= 4 is 28.0 Å². The van der Waals surface area contributed by atoms with Crippen molar-refractivity contribution in [3.05, 3.63) is 75.4 Å². The molecule has 0 saturated carbocycles. The van der Waals surface area contributed by atoms with Gasteiger partial charge in [-0.3, -0.25) is 19.3 Å². The van der Waals surface area contributed by atoms with Gasteiger partial charge < -0.3 is 4.74 Å². The summed E-state index contributed by atoms with van der Waals surface area (Å²) in [5, 5.41) is 4.54. The van der Waals surface area contributed by atoms with Crippen LogP contribution in [-0.2, 0) is 0 Å². The number of hydrogen-bond donors (Lipinski definition) is 1. The molecule has 1 aromatic carbocycles. The van der Waals surface area contributed by atoms with E-state index in [2.05, 4.69) is 15.3 Å². The predicted octanol–water partition coefficient (Wildman–Crippen LogP) is 3.53. The number of benzene rings is 1. The molecule has 0 radical (unpaired) electrons. The van der Waals surface area contributed by atoms with E-state index in [0.29, 0.717) is 22.7 Å². The molecule has 0 unspecified atom stereocenters. The number of aromatic nitrogens is 3. The van der Waals surface area contributed by atoms with Crippen LogP contribution in [0.2, 0.25) is 0 Å². The van der Waals surface area contributed by atoms with Gasteiger partial charge in [-0.25, -0.2) is 14.4 Å². The number of rotatable bonds is 4. The van der Waals surface area contributed by atoms with Crippen molar-refractivity contribution in [1.29, 1.82) is 0 Å². The molecule has 9 heteroatoms. The highest BCUT2D eigenvalue weighted by atomic mass is 32.1. The van der Waals surface area contributed by atoms with Gasteiger partial charge >= 0.3 is 0 Å². The van der Waals surface area contributed by atoms with Crippen LogP contribution in [0.5, 0.6) is 5.75 Å². The molecule has 3 heterocycles. The number of halogens is 1. The van der Waals surface area contributed by atoms with Crippen molar-refractivity contribution in [3.63, 3.8) is 0 Å². The molecule has 0 aliphatic heterocycles. The number of pyridine rings is 1. The van der Waals surface area contributed by atoms with Gasteiger partial charge in [0.15, 0.2) is 5.13 Å². The Morgan fingerprint density at radius 2 is 2.10 bits per heavy atom. The molecule has 0 spiro atoms. The monoisotopic (exact) mass is 410 g/mol. The molecule has 1 N–H and O–H groups in total. The molecule has 0 bridgehead atoms. The third kappa shape index (κ3) is 3.59. The summed E-state index contributed by atoms with van der Waals surface area (Å²) in [6, 6.07) is 7.64. The van der Waals surface area contributed by atoms with E-state index < -0.39 is 17.3 Å². The Labute approximate surface area is 168 Å². The van der Waals surface area contributed by atoms with Crippen LogP contribution in [0.25, 0.3) is 16.9 Å². The summed E-state index contributed by atoms with van der Waals surface area (Å²) >= 11 is 1.15. The summed E-state index contributed by atoms with van der Waals surface area (Å²) < 4.78 is 20.2. The van der Waals surface area contributed by atoms with E-state index in [4.69, 9.17) is 4.74 Å². The Bertz CT molecular complexity index is 1300. The molecule has 0 aliphatic carbocycles. The van der Waals surface area contributed by atoms with E-state index in [0.717, 1.165) is 16.9 Å². The van der Waals surface area contributed by atoms with Crippen LogP contribution in [-0.4, -0.2) is 27.4 Å². The molecule has 7 nitrogen and oxygen atoms in total. The number of hydrogen-bond acceptors (Lipinski definition) is 6. The summed E-state index contributed by atoms with van der Waals surface area (Å²) in [6.07, 6.45) is 2.87. The Morgan fingerprint density at radius 1 is 1.28 bits per heavy atom. The lowest BCUT2D eigenvalue weighted by Crippen LogP contribution is -2.26. The fraction of sp³-hybridized carbons (Fsp3) is 0.100. The van der Waals surface area contributed by atoms with Crippen molar-refractivity contribution in [2.75, 3.05) is 12.4 Å². The second-order valence-electron chi connectivity index (χ2n) is 6.25. The summed E-state index contributed by atoms with van der Waals surface area (Å²) in [4.78, 5) is 33.7. The van der Waals surface area contributed by atoms with E-state index in [1.807, 2.05) is 13.0 Å². The van der Waals surface area contributed by atoms with Gasteiger partial charge in [-0.05, 0) is 36.8 Å². The molecule has 3 aromatic heterocycles. The highest BCUT2D eigenvalue weighted by molar-refractivity contribution is 7.14. The Kier molecular flexibility index (Phi) is 4.81. The summed E-state index contributed by atoms with van der Waals surface area (Å²) in [6.45, 7) is 1.84. The van der Waals surface area contributed by atoms with Gasteiger partial charge in [-0.1, -0.05) is 6.07 Å².